The van der Waals surface area contributed by atoms with Crippen LogP contribution in [-0.4, -0.2) is 46.5 Å². The summed E-state index contributed by atoms with van der Waals surface area (Å²) in [5.41, 5.74) is 1.92. The first-order valence-corrected chi connectivity index (χ1v) is 11.3. The second-order valence-electron chi connectivity index (χ2n) is 7.15. The molecule has 8 nitrogen and oxygen atoms in total. The van der Waals surface area contributed by atoms with Crippen molar-refractivity contribution in [3.8, 4) is 5.69 Å². The van der Waals surface area contributed by atoms with E-state index >= 15 is 0 Å². The van der Waals surface area contributed by atoms with Crippen LogP contribution in [0.3, 0.4) is 0 Å². The minimum atomic E-state index is -3.69. The molecule has 0 bridgehead atoms. The van der Waals surface area contributed by atoms with Crippen LogP contribution in [0.4, 0.5) is 0 Å². The van der Waals surface area contributed by atoms with Crippen molar-refractivity contribution in [2.75, 3.05) is 13.1 Å². The molecule has 0 aliphatic carbocycles. The molecule has 1 aliphatic rings. The second-order valence-corrected chi connectivity index (χ2v) is 9.06. The van der Waals surface area contributed by atoms with E-state index in [1.807, 2.05) is 24.3 Å². The van der Waals surface area contributed by atoms with Crippen LogP contribution >= 0.6 is 0 Å². The largest absolute Gasteiger partial charge is 0.348 e. The summed E-state index contributed by atoms with van der Waals surface area (Å²) < 4.78 is 29.3. The predicted octanol–water partition coefficient (Wildman–Crippen LogP) is 2.37. The molecule has 3 aromatic rings. The molecule has 0 spiro atoms. The van der Waals surface area contributed by atoms with Gasteiger partial charge in [-0.3, -0.25) is 4.79 Å². The van der Waals surface area contributed by atoms with Crippen molar-refractivity contribution in [2.24, 2.45) is 0 Å². The number of hydrogen-bond acceptors (Lipinski definition) is 5. The highest BCUT2D eigenvalue weighted by Gasteiger charge is 2.29. The van der Waals surface area contributed by atoms with Gasteiger partial charge < -0.3 is 5.32 Å². The zero-order valence-corrected chi connectivity index (χ0v) is 17.3. The number of piperidine rings is 1. The Labute approximate surface area is 175 Å². The standard InChI is InChI=1S/C21H23N5O3S/c27-21(23-14-17-8-10-18(11-9-17)26-16-22-15-24-26)19-6-2-3-7-20(19)30(28,29)25-12-4-1-5-13-25/h2-3,6-11,15-16H,1,4-5,12-14H2,(H,23,27). The summed E-state index contributed by atoms with van der Waals surface area (Å²) in [7, 11) is -3.69. The molecule has 1 N–H and O–H groups in total. The number of carbonyl (C=O) groups is 1. The third-order valence-corrected chi connectivity index (χ3v) is 7.09. The topological polar surface area (TPSA) is 97.2 Å². The number of carbonyl (C=O) groups excluding carboxylic acids is 1. The molecule has 1 saturated heterocycles. The van der Waals surface area contributed by atoms with Gasteiger partial charge >= 0.3 is 0 Å². The van der Waals surface area contributed by atoms with Crippen molar-refractivity contribution in [3.63, 3.8) is 0 Å². The summed E-state index contributed by atoms with van der Waals surface area (Å²) in [5, 5.41) is 6.90. The van der Waals surface area contributed by atoms with Gasteiger partial charge in [-0.1, -0.05) is 30.7 Å². The zero-order chi connectivity index (χ0) is 21.0. The average molecular weight is 426 g/mol. The molecule has 1 amide bonds. The molecule has 9 heteroatoms. The minimum absolute atomic E-state index is 0.0610. The van der Waals surface area contributed by atoms with Crippen molar-refractivity contribution in [1.82, 2.24) is 24.4 Å². The molecule has 0 radical (unpaired) electrons. The number of nitrogens with zero attached hydrogens (tertiary/aromatic N) is 4. The Morgan fingerprint density at radius 3 is 2.43 bits per heavy atom. The van der Waals surface area contributed by atoms with Crippen LogP contribution in [0.1, 0.15) is 35.2 Å². The lowest BCUT2D eigenvalue weighted by molar-refractivity contribution is 0.0947. The van der Waals surface area contributed by atoms with Crippen molar-refractivity contribution < 1.29 is 13.2 Å². The fourth-order valence-corrected chi connectivity index (χ4v) is 5.22. The van der Waals surface area contributed by atoms with Gasteiger partial charge in [0.1, 0.15) is 12.7 Å². The summed E-state index contributed by atoms with van der Waals surface area (Å²) in [4.78, 5) is 16.8. The Kier molecular flexibility index (Phi) is 5.91. The Morgan fingerprint density at radius 1 is 1.00 bits per heavy atom. The maximum atomic E-state index is 13.1. The summed E-state index contributed by atoms with van der Waals surface area (Å²) in [6.07, 6.45) is 5.79. The lowest BCUT2D eigenvalue weighted by Crippen LogP contribution is -2.37. The number of aromatic nitrogens is 3. The molecule has 4 rings (SSSR count). The van der Waals surface area contributed by atoms with E-state index in [-0.39, 0.29) is 17.0 Å². The molecular formula is C21H23N5O3S. The van der Waals surface area contributed by atoms with Gasteiger partial charge in [0.2, 0.25) is 10.0 Å². The molecular weight excluding hydrogens is 402 g/mol. The fraction of sp³-hybridized carbons (Fsp3) is 0.286. The lowest BCUT2D eigenvalue weighted by Gasteiger charge is -2.26. The van der Waals surface area contributed by atoms with E-state index in [4.69, 9.17) is 0 Å². The summed E-state index contributed by atoms with van der Waals surface area (Å²) in [5.74, 6) is -0.411. The van der Waals surface area contributed by atoms with Crippen molar-refractivity contribution >= 4 is 15.9 Å². The van der Waals surface area contributed by atoms with E-state index in [9.17, 15) is 13.2 Å². The van der Waals surface area contributed by atoms with E-state index in [0.29, 0.717) is 13.1 Å². The molecule has 30 heavy (non-hydrogen) atoms. The van der Waals surface area contributed by atoms with Gasteiger partial charge in [0.05, 0.1) is 16.1 Å². The van der Waals surface area contributed by atoms with Crippen LogP contribution < -0.4 is 5.32 Å². The molecule has 1 aliphatic heterocycles. The first-order valence-electron chi connectivity index (χ1n) is 9.87. The summed E-state index contributed by atoms with van der Waals surface area (Å²) >= 11 is 0. The minimum Gasteiger partial charge on any atom is -0.348 e. The van der Waals surface area contributed by atoms with Gasteiger partial charge in [0.15, 0.2) is 0 Å². The number of rotatable bonds is 6. The van der Waals surface area contributed by atoms with Gasteiger partial charge in [-0.15, -0.1) is 0 Å². The smallest absolute Gasteiger partial charge is 0.252 e. The van der Waals surface area contributed by atoms with Gasteiger partial charge in [0, 0.05) is 19.6 Å². The maximum absolute atomic E-state index is 13.1. The van der Waals surface area contributed by atoms with Gasteiger partial charge in [-0.25, -0.2) is 18.1 Å². The lowest BCUT2D eigenvalue weighted by atomic mass is 10.2. The number of hydrogen-bond donors (Lipinski definition) is 1. The Hall–Kier alpha value is -3.04. The third-order valence-electron chi connectivity index (χ3n) is 5.14. The zero-order valence-electron chi connectivity index (χ0n) is 16.4. The number of sulfonamides is 1. The third kappa shape index (κ3) is 4.27. The summed E-state index contributed by atoms with van der Waals surface area (Å²) in [6, 6.07) is 13.9. The van der Waals surface area contributed by atoms with Crippen LogP contribution in [0.15, 0.2) is 66.1 Å². The normalized spacial score (nSPS) is 15.1. The highest BCUT2D eigenvalue weighted by molar-refractivity contribution is 7.89. The average Bonchev–Trinajstić information content (AvgIpc) is 3.33. The fourth-order valence-electron chi connectivity index (χ4n) is 3.51. The van der Waals surface area contributed by atoms with Crippen LogP contribution in [0.25, 0.3) is 5.69 Å². The Bertz CT molecular complexity index is 1110. The van der Waals surface area contributed by atoms with Crippen LogP contribution in [0, 0.1) is 0 Å². The van der Waals surface area contributed by atoms with Crippen LogP contribution in [-0.2, 0) is 16.6 Å². The molecule has 156 valence electrons. The summed E-state index contributed by atoms with van der Waals surface area (Å²) in [6.45, 7) is 1.28. The number of benzene rings is 2. The molecule has 2 heterocycles. The molecule has 0 atom stereocenters. The van der Waals surface area contributed by atoms with Crippen molar-refractivity contribution in [2.45, 2.75) is 30.7 Å². The Morgan fingerprint density at radius 2 is 1.73 bits per heavy atom. The van der Waals surface area contributed by atoms with Crippen LogP contribution in [0.5, 0.6) is 0 Å². The number of nitrogens with one attached hydrogen (secondary N) is 1. The van der Waals surface area contributed by atoms with E-state index in [1.165, 1.54) is 16.7 Å². The molecule has 0 saturated carbocycles. The highest BCUT2D eigenvalue weighted by atomic mass is 32.2. The molecule has 1 aromatic heterocycles. The monoisotopic (exact) mass is 425 g/mol. The Balaban J connectivity index is 1.48. The quantitative estimate of drug-likeness (QED) is 0.654. The van der Waals surface area contributed by atoms with E-state index in [1.54, 1.807) is 29.2 Å². The van der Waals surface area contributed by atoms with Crippen molar-refractivity contribution in [1.29, 1.82) is 0 Å². The van der Waals surface area contributed by atoms with Crippen molar-refractivity contribution in [3.05, 3.63) is 72.3 Å². The van der Waals surface area contributed by atoms with E-state index < -0.39 is 15.9 Å². The first kappa shape index (κ1) is 20.2. The maximum Gasteiger partial charge on any atom is 0.252 e. The molecule has 2 aromatic carbocycles. The molecule has 1 fully saturated rings. The second kappa shape index (κ2) is 8.76. The first-order chi connectivity index (χ1) is 14.6. The van der Waals surface area contributed by atoms with E-state index in [0.717, 1.165) is 30.5 Å². The van der Waals surface area contributed by atoms with Gasteiger partial charge in [-0.05, 0) is 42.7 Å². The van der Waals surface area contributed by atoms with Gasteiger partial charge in [0.25, 0.3) is 5.91 Å². The van der Waals surface area contributed by atoms with E-state index in [2.05, 4.69) is 15.4 Å². The SMILES string of the molecule is O=C(NCc1ccc(-n2cncn2)cc1)c1ccccc1S(=O)(=O)N1CCCCC1. The highest BCUT2D eigenvalue weighted by Crippen LogP contribution is 2.23. The number of amides is 1. The molecule has 0 unspecified atom stereocenters. The van der Waals surface area contributed by atoms with Crippen LogP contribution in [0.2, 0.25) is 0 Å². The van der Waals surface area contributed by atoms with Gasteiger partial charge in [-0.2, -0.15) is 9.40 Å². The predicted molar refractivity (Wildman–Crippen MR) is 112 cm³/mol.